The molecule has 1 atom stereocenters. The molecule has 55 heavy (non-hydrogen) atoms. The van der Waals surface area contributed by atoms with Gasteiger partial charge >= 0.3 is 22.8 Å². The van der Waals surface area contributed by atoms with Crippen molar-refractivity contribution in [3.8, 4) is 11.5 Å². The predicted molar refractivity (Wildman–Crippen MR) is 209 cm³/mol. The molecule has 3 heterocycles. The number of pyridine rings is 1. The van der Waals surface area contributed by atoms with Gasteiger partial charge in [0.25, 0.3) is 0 Å². The number of carbonyl (C=O) groups excluding carboxylic acids is 1. The van der Waals surface area contributed by atoms with Crippen molar-refractivity contribution in [2.75, 3.05) is 19.5 Å². The number of ether oxygens (including phenoxy) is 3. The van der Waals surface area contributed by atoms with Crippen molar-refractivity contribution < 1.29 is 43.2 Å². The molecule has 1 unspecified atom stereocenters. The number of carboxylic acids is 2. The lowest BCUT2D eigenvalue weighted by atomic mass is 10.2. The largest absolute Gasteiger partial charge is 0.480 e. The zero-order valence-electron chi connectivity index (χ0n) is 29.5. The maximum atomic E-state index is 14.3. The second kappa shape index (κ2) is 20.3. The molecular formula is C36H34Cl3FN4O9S2. The summed E-state index contributed by atoms with van der Waals surface area (Å²) in [5.41, 5.74) is 1.47. The summed E-state index contributed by atoms with van der Waals surface area (Å²) in [5.74, 6) is -1.97. The van der Waals surface area contributed by atoms with Gasteiger partial charge < -0.3 is 24.4 Å². The third-order valence-electron chi connectivity index (χ3n) is 7.50. The lowest BCUT2D eigenvalue weighted by Gasteiger charge is -2.15. The molecule has 2 aromatic heterocycles. The number of benzene rings is 3. The topological polar surface area (TPSA) is 172 Å². The molecule has 0 saturated heterocycles. The summed E-state index contributed by atoms with van der Waals surface area (Å²) < 4.78 is 32.6. The summed E-state index contributed by atoms with van der Waals surface area (Å²) in [6.07, 6.45) is 2.65. The Kier molecular flexibility index (Phi) is 16.0. The molecule has 6 rings (SSSR count). The quantitative estimate of drug-likeness (QED) is 0.104. The molecule has 13 nitrogen and oxygen atoms in total. The number of hydrogen-bond acceptors (Lipinski definition) is 11. The molecule has 0 bridgehead atoms. The Morgan fingerprint density at radius 3 is 2.40 bits per heavy atom. The minimum Gasteiger partial charge on any atom is -0.480 e. The Morgan fingerprint density at radius 2 is 1.73 bits per heavy atom. The van der Waals surface area contributed by atoms with Gasteiger partial charge in [0, 0.05) is 34.6 Å². The van der Waals surface area contributed by atoms with E-state index in [0.29, 0.717) is 49.8 Å². The van der Waals surface area contributed by atoms with Gasteiger partial charge in [-0.15, -0.1) is 11.8 Å². The summed E-state index contributed by atoms with van der Waals surface area (Å²) in [4.78, 5) is 53.6. The molecule has 0 aliphatic carbocycles. The van der Waals surface area contributed by atoms with Gasteiger partial charge in [0.15, 0.2) is 12.7 Å². The van der Waals surface area contributed by atoms with E-state index in [1.165, 1.54) is 20.1 Å². The van der Waals surface area contributed by atoms with Crippen LogP contribution in [0.5, 0.6) is 11.5 Å². The summed E-state index contributed by atoms with van der Waals surface area (Å²) in [5, 5.41) is 19.3. The van der Waals surface area contributed by atoms with Gasteiger partial charge in [-0.25, -0.2) is 23.7 Å². The van der Waals surface area contributed by atoms with Crippen molar-refractivity contribution in [1.82, 2.24) is 14.3 Å². The van der Waals surface area contributed by atoms with Crippen molar-refractivity contribution in [3.63, 3.8) is 0 Å². The Morgan fingerprint density at radius 1 is 1.02 bits per heavy atom. The van der Waals surface area contributed by atoms with E-state index in [0.717, 1.165) is 53.0 Å². The number of halogens is 4. The van der Waals surface area contributed by atoms with Crippen LogP contribution in [-0.4, -0.2) is 68.0 Å². The van der Waals surface area contributed by atoms with Crippen molar-refractivity contribution in [3.05, 3.63) is 102 Å². The predicted octanol–water partition coefficient (Wildman–Crippen LogP) is 7.65. The van der Waals surface area contributed by atoms with E-state index in [-0.39, 0.29) is 21.3 Å². The zero-order valence-corrected chi connectivity index (χ0v) is 33.4. The van der Waals surface area contributed by atoms with Crippen LogP contribution < -0.4 is 19.1 Å². The van der Waals surface area contributed by atoms with Crippen LogP contribution >= 0.6 is 57.9 Å². The lowest BCUT2D eigenvalue weighted by Crippen LogP contribution is -2.31. The first kappa shape index (κ1) is 43.1. The number of aliphatic carboxylic acids is 2. The van der Waals surface area contributed by atoms with Crippen LogP contribution in [0.3, 0.4) is 0 Å². The highest BCUT2D eigenvalue weighted by Crippen LogP contribution is 2.33. The van der Waals surface area contributed by atoms with Crippen LogP contribution in [0.1, 0.15) is 25.3 Å². The van der Waals surface area contributed by atoms with Gasteiger partial charge in [-0.05, 0) is 98.2 Å². The first-order valence-corrected chi connectivity index (χ1v) is 19.2. The lowest BCUT2D eigenvalue weighted by molar-refractivity contribution is -0.144. The fourth-order valence-corrected chi connectivity index (χ4v) is 7.21. The molecule has 5 aromatic rings. The fraction of sp³-hybridized carbons (Fsp3) is 0.278. The van der Waals surface area contributed by atoms with Gasteiger partial charge in [0.05, 0.1) is 22.9 Å². The molecule has 0 saturated carbocycles. The molecule has 2 N–H and O–H groups in total. The van der Waals surface area contributed by atoms with Crippen molar-refractivity contribution in [2.24, 2.45) is 4.99 Å². The standard InChI is InChI=1S/C15H15ClFN3O3S2.C11H8ClNO3.C10H11ClO3/c1-23-13(21)8-24-12-7-11(10(17)6-9(12)16)18-14-19-4-2-3-5-20(19)15(22)25-14;12-8-3-4-9(16-6-10(14)15)11-7(8)2-1-5-13-11;1-6-5-8(11)3-4-9(6)14-7(2)10(12)13/h6-7H,2-5,8H2,1H3;1-5H,6H2,(H,14,15);3-5,7H,1-2H3,(H,12,13)/b18-14-;;. The van der Waals surface area contributed by atoms with E-state index in [1.807, 2.05) is 6.92 Å². The Balaban J connectivity index is 0.000000195. The number of aromatic nitrogens is 3. The Hall–Kier alpha value is -4.61. The molecule has 0 fully saturated rings. The van der Waals surface area contributed by atoms with Crippen LogP contribution in [0.2, 0.25) is 15.1 Å². The average molecular weight is 856 g/mol. The third-order valence-corrected chi connectivity index (χ3v) is 10.4. The molecule has 292 valence electrons. The van der Waals surface area contributed by atoms with E-state index in [4.69, 9.17) is 54.5 Å². The third kappa shape index (κ3) is 12.2. The number of carboxylic acid groups (broad SMARTS) is 2. The van der Waals surface area contributed by atoms with Crippen molar-refractivity contribution >= 4 is 92.4 Å². The second-order valence-corrected chi connectivity index (χ2v) is 14.6. The highest BCUT2D eigenvalue weighted by atomic mass is 35.5. The van der Waals surface area contributed by atoms with Crippen LogP contribution in [0.4, 0.5) is 10.1 Å². The molecule has 0 radical (unpaired) electrons. The maximum absolute atomic E-state index is 14.3. The van der Waals surface area contributed by atoms with Crippen LogP contribution in [0, 0.1) is 12.7 Å². The maximum Gasteiger partial charge on any atom is 0.344 e. The normalized spacial score (nSPS) is 12.7. The first-order valence-electron chi connectivity index (χ1n) is 16.3. The number of nitrogens with zero attached hydrogens (tertiary/aromatic N) is 4. The molecule has 1 aliphatic rings. The second-order valence-electron chi connectivity index (χ2n) is 11.5. The highest BCUT2D eigenvalue weighted by Gasteiger charge is 2.16. The number of methoxy groups -OCH3 is 1. The minimum atomic E-state index is -1.03. The molecule has 0 amide bonds. The summed E-state index contributed by atoms with van der Waals surface area (Å²) in [7, 11) is 1.30. The number of aryl methyl sites for hydroxylation is 1. The monoisotopic (exact) mass is 854 g/mol. The Bertz CT molecular complexity index is 2320. The van der Waals surface area contributed by atoms with E-state index >= 15 is 0 Å². The van der Waals surface area contributed by atoms with E-state index < -0.39 is 36.4 Å². The molecule has 0 spiro atoms. The van der Waals surface area contributed by atoms with Crippen LogP contribution in [-0.2, 0) is 32.2 Å². The molecule has 1 aliphatic heterocycles. The van der Waals surface area contributed by atoms with Gasteiger partial charge in [-0.1, -0.05) is 34.8 Å². The zero-order chi connectivity index (χ0) is 40.2. The number of carbonyl (C=O) groups is 3. The summed E-state index contributed by atoms with van der Waals surface area (Å²) in [6, 6.07) is 14.5. The smallest absolute Gasteiger partial charge is 0.344 e. The first-order chi connectivity index (χ1) is 26.2. The van der Waals surface area contributed by atoms with Gasteiger partial charge in [-0.3, -0.25) is 19.3 Å². The van der Waals surface area contributed by atoms with Gasteiger partial charge in [0.2, 0.25) is 4.80 Å². The number of hydrogen-bond donors (Lipinski definition) is 2. The van der Waals surface area contributed by atoms with Gasteiger partial charge in [-0.2, -0.15) is 0 Å². The number of rotatable bonds is 10. The number of thioether (sulfide) groups is 1. The number of fused-ring (bicyclic) bond motifs is 2. The van der Waals surface area contributed by atoms with Crippen LogP contribution in [0.15, 0.2) is 75.5 Å². The number of esters is 1. The van der Waals surface area contributed by atoms with Gasteiger partial charge in [0.1, 0.15) is 28.5 Å². The molecule has 19 heteroatoms. The van der Waals surface area contributed by atoms with Crippen molar-refractivity contribution in [2.45, 2.75) is 50.8 Å². The summed E-state index contributed by atoms with van der Waals surface area (Å²) >= 11 is 19.9. The summed E-state index contributed by atoms with van der Waals surface area (Å²) in [6.45, 7) is 4.23. The molecular weight excluding hydrogens is 822 g/mol. The molecule has 3 aromatic carbocycles. The van der Waals surface area contributed by atoms with Crippen molar-refractivity contribution in [1.29, 1.82) is 0 Å². The average Bonchev–Trinajstić information content (AvgIpc) is 3.47. The van der Waals surface area contributed by atoms with E-state index in [1.54, 1.807) is 58.0 Å². The fourth-order valence-electron chi connectivity index (χ4n) is 4.78. The van der Waals surface area contributed by atoms with E-state index in [9.17, 15) is 23.6 Å². The SMILES string of the molecule is COC(=O)CSc1cc(/N=c2\sc(=O)n3n2CCCC3)c(F)cc1Cl.Cc1cc(Cl)ccc1OC(C)C(=O)O.O=C(O)COc1ccc(Cl)c2cccnc12. The van der Waals surface area contributed by atoms with E-state index in [2.05, 4.69) is 14.7 Å². The Labute approximate surface area is 336 Å². The minimum absolute atomic E-state index is 0.0605. The highest BCUT2D eigenvalue weighted by molar-refractivity contribution is 8.00. The van der Waals surface area contributed by atoms with Crippen LogP contribution in [0.25, 0.3) is 10.9 Å².